The average molecular weight is 263 g/mol. The fourth-order valence-electron chi connectivity index (χ4n) is 1.95. The second kappa shape index (κ2) is 6.24. The van der Waals surface area contributed by atoms with Gasteiger partial charge < -0.3 is 5.32 Å². The SMILES string of the molecule is CNC(Cc1cccs1)c1ccccc1SC. The molecule has 0 spiro atoms. The second-order valence-corrected chi connectivity index (χ2v) is 5.75. The van der Waals surface area contributed by atoms with Gasteiger partial charge in [0.2, 0.25) is 0 Å². The summed E-state index contributed by atoms with van der Waals surface area (Å²) < 4.78 is 0. The van der Waals surface area contributed by atoms with Crippen molar-refractivity contribution in [1.82, 2.24) is 5.32 Å². The summed E-state index contributed by atoms with van der Waals surface area (Å²) in [6.45, 7) is 0. The van der Waals surface area contributed by atoms with E-state index in [9.17, 15) is 0 Å². The monoisotopic (exact) mass is 263 g/mol. The molecule has 0 radical (unpaired) electrons. The number of thioether (sulfide) groups is 1. The molecule has 0 aliphatic carbocycles. The fraction of sp³-hybridized carbons (Fsp3) is 0.286. The Morgan fingerprint density at radius 3 is 2.71 bits per heavy atom. The summed E-state index contributed by atoms with van der Waals surface area (Å²) in [4.78, 5) is 2.80. The Morgan fingerprint density at radius 1 is 1.24 bits per heavy atom. The summed E-state index contributed by atoms with van der Waals surface area (Å²) in [6.07, 6.45) is 3.20. The Balaban J connectivity index is 2.22. The molecular weight excluding hydrogens is 246 g/mol. The maximum atomic E-state index is 3.42. The minimum atomic E-state index is 0.400. The molecule has 0 bridgehead atoms. The van der Waals surface area contributed by atoms with Crippen molar-refractivity contribution in [3.05, 3.63) is 52.2 Å². The Bertz CT molecular complexity index is 451. The zero-order chi connectivity index (χ0) is 12.1. The first-order valence-electron chi connectivity index (χ1n) is 5.67. The number of benzene rings is 1. The number of likely N-dealkylation sites (N-methyl/N-ethyl adjacent to an activating group) is 1. The van der Waals surface area contributed by atoms with Gasteiger partial charge >= 0.3 is 0 Å². The van der Waals surface area contributed by atoms with E-state index < -0.39 is 0 Å². The molecule has 1 unspecified atom stereocenters. The molecule has 0 aliphatic rings. The van der Waals surface area contributed by atoms with Crippen molar-refractivity contribution in [1.29, 1.82) is 0 Å². The third kappa shape index (κ3) is 3.12. The standard InChI is InChI=1S/C14H17NS2/c1-15-13(10-11-6-5-9-17-11)12-7-3-4-8-14(12)16-2/h3-9,13,15H,10H2,1-2H3. The van der Waals surface area contributed by atoms with Crippen LogP contribution in [0.15, 0.2) is 46.7 Å². The van der Waals surface area contributed by atoms with Crippen LogP contribution in [0.1, 0.15) is 16.5 Å². The zero-order valence-corrected chi connectivity index (χ0v) is 11.8. The van der Waals surface area contributed by atoms with Gasteiger partial charge in [-0.1, -0.05) is 24.3 Å². The highest BCUT2D eigenvalue weighted by molar-refractivity contribution is 7.98. The molecule has 1 heterocycles. The Kier molecular flexibility index (Phi) is 4.66. The highest BCUT2D eigenvalue weighted by Gasteiger charge is 2.13. The molecule has 1 atom stereocenters. The largest absolute Gasteiger partial charge is 0.313 e. The van der Waals surface area contributed by atoms with E-state index in [1.165, 1.54) is 15.3 Å². The van der Waals surface area contributed by atoms with E-state index in [0.717, 1.165) is 6.42 Å². The maximum absolute atomic E-state index is 3.42. The molecular formula is C14H17NS2. The second-order valence-electron chi connectivity index (χ2n) is 3.87. The fourth-order valence-corrected chi connectivity index (χ4v) is 3.36. The van der Waals surface area contributed by atoms with Crippen LogP contribution < -0.4 is 5.32 Å². The van der Waals surface area contributed by atoms with Crippen molar-refractivity contribution in [2.75, 3.05) is 13.3 Å². The van der Waals surface area contributed by atoms with Gasteiger partial charge in [-0.2, -0.15) is 0 Å². The summed E-state index contributed by atoms with van der Waals surface area (Å²) in [5, 5.41) is 5.57. The van der Waals surface area contributed by atoms with Gasteiger partial charge in [0.25, 0.3) is 0 Å². The van der Waals surface area contributed by atoms with E-state index in [2.05, 4.69) is 53.4 Å². The number of hydrogen-bond donors (Lipinski definition) is 1. The van der Waals surface area contributed by atoms with Crippen LogP contribution in [-0.2, 0) is 6.42 Å². The van der Waals surface area contributed by atoms with Crippen LogP contribution in [0.3, 0.4) is 0 Å². The molecule has 0 fully saturated rings. The van der Waals surface area contributed by atoms with Gasteiger partial charge in [-0.05, 0) is 36.4 Å². The molecule has 0 aliphatic heterocycles. The lowest BCUT2D eigenvalue weighted by molar-refractivity contribution is 0.587. The lowest BCUT2D eigenvalue weighted by atomic mass is 10.0. The number of rotatable bonds is 5. The van der Waals surface area contributed by atoms with Gasteiger partial charge in [0.05, 0.1) is 0 Å². The summed E-state index contributed by atoms with van der Waals surface area (Å²) in [6, 6.07) is 13.4. The topological polar surface area (TPSA) is 12.0 Å². The van der Waals surface area contributed by atoms with E-state index in [1.54, 1.807) is 0 Å². The van der Waals surface area contributed by atoms with Crippen molar-refractivity contribution >= 4 is 23.1 Å². The van der Waals surface area contributed by atoms with Gasteiger partial charge in [0, 0.05) is 22.2 Å². The van der Waals surface area contributed by atoms with Crippen LogP contribution in [0.4, 0.5) is 0 Å². The molecule has 2 rings (SSSR count). The molecule has 1 nitrogen and oxygen atoms in total. The van der Waals surface area contributed by atoms with Crippen molar-refractivity contribution in [2.45, 2.75) is 17.4 Å². The van der Waals surface area contributed by atoms with Crippen LogP contribution in [0.5, 0.6) is 0 Å². The van der Waals surface area contributed by atoms with Gasteiger partial charge in [-0.25, -0.2) is 0 Å². The first kappa shape index (κ1) is 12.7. The van der Waals surface area contributed by atoms with Crippen LogP contribution in [0.25, 0.3) is 0 Å². The normalized spacial score (nSPS) is 12.6. The Labute approximate surface area is 111 Å². The van der Waals surface area contributed by atoms with Crippen LogP contribution in [0.2, 0.25) is 0 Å². The van der Waals surface area contributed by atoms with Crippen LogP contribution in [0, 0.1) is 0 Å². The number of nitrogens with one attached hydrogen (secondary N) is 1. The van der Waals surface area contributed by atoms with Crippen molar-refractivity contribution in [3.63, 3.8) is 0 Å². The van der Waals surface area contributed by atoms with Gasteiger partial charge in [-0.3, -0.25) is 0 Å². The van der Waals surface area contributed by atoms with E-state index in [1.807, 2.05) is 30.1 Å². The van der Waals surface area contributed by atoms with E-state index in [0.29, 0.717) is 6.04 Å². The van der Waals surface area contributed by atoms with Gasteiger partial charge in [0.15, 0.2) is 0 Å². The van der Waals surface area contributed by atoms with Crippen LogP contribution >= 0.6 is 23.1 Å². The summed E-state index contributed by atoms with van der Waals surface area (Å²) in [5.41, 5.74) is 1.40. The molecule has 0 saturated heterocycles. The minimum Gasteiger partial charge on any atom is -0.313 e. The summed E-state index contributed by atoms with van der Waals surface area (Å²) in [7, 11) is 2.04. The molecule has 17 heavy (non-hydrogen) atoms. The highest BCUT2D eigenvalue weighted by atomic mass is 32.2. The molecule has 0 saturated carbocycles. The molecule has 1 aromatic carbocycles. The third-order valence-corrected chi connectivity index (χ3v) is 4.56. The first-order chi connectivity index (χ1) is 8.35. The van der Waals surface area contributed by atoms with Crippen molar-refractivity contribution in [3.8, 4) is 0 Å². The van der Waals surface area contributed by atoms with Gasteiger partial charge in [0.1, 0.15) is 0 Å². The smallest absolute Gasteiger partial charge is 0.0377 e. The third-order valence-electron chi connectivity index (χ3n) is 2.85. The van der Waals surface area contributed by atoms with E-state index in [-0.39, 0.29) is 0 Å². The van der Waals surface area contributed by atoms with Gasteiger partial charge in [-0.15, -0.1) is 23.1 Å². The van der Waals surface area contributed by atoms with Crippen molar-refractivity contribution in [2.24, 2.45) is 0 Å². The van der Waals surface area contributed by atoms with Crippen molar-refractivity contribution < 1.29 is 0 Å². The summed E-state index contributed by atoms with van der Waals surface area (Å²) in [5.74, 6) is 0. The molecule has 90 valence electrons. The molecule has 1 aromatic heterocycles. The molecule has 3 heteroatoms. The number of hydrogen-bond acceptors (Lipinski definition) is 3. The average Bonchev–Trinajstić information content (AvgIpc) is 2.89. The van der Waals surface area contributed by atoms with Crippen LogP contribution in [-0.4, -0.2) is 13.3 Å². The molecule has 0 amide bonds. The molecule has 1 N–H and O–H groups in total. The first-order valence-corrected chi connectivity index (χ1v) is 7.78. The minimum absolute atomic E-state index is 0.400. The maximum Gasteiger partial charge on any atom is 0.0377 e. The predicted molar refractivity (Wildman–Crippen MR) is 78.0 cm³/mol. The quantitative estimate of drug-likeness (QED) is 0.819. The van der Waals surface area contributed by atoms with E-state index in [4.69, 9.17) is 0 Å². The predicted octanol–water partition coefficient (Wildman–Crippen LogP) is 3.97. The number of thiophene rings is 1. The zero-order valence-electron chi connectivity index (χ0n) is 10.1. The Morgan fingerprint density at radius 2 is 2.06 bits per heavy atom. The lowest BCUT2D eigenvalue weighted by Gasteiger charge is -2.18. The van der Waals surface area contributed by atoms with E-state index >= 15 is 0 Å². The molecule has 2 aromatic rings. The highest BCUT2D eigenvalue weighted by Crippen LogP contribution is 2.28. The summed E-state index contributed by atoms with van der Waals surface area (Å²) >= 11 is 3.64. The lowest BCUT2D eigenvalue weighted by Crippen LogP contribution is -2.19. The Hall–Kier alpha value is -0.770.